The molecule has 100 valence electrons. The van der Waals surface area contributed by atoms with Gasteiger partial charge in [-0.25, -0.2) is 0 Å². The van der Waals surface area contributed by atoms with E-state index in [9.17, 15) is 4.79 Å². The standard InChI is InChI=1S/C17H15NO2/c1-18(16-10-3-2-4-11-16)17(20)15-9-5-7-14(13-15)8-6-12-19/h2-5,7,9-11,13,19H,12H2,1H3. The van der Waals surface area contributed by atoms with E-state index >= 15 is 0 Å². The number of hydrogen-bond acceptors (Lipinski definition) is 2. The second kappa shape index (κ2) is 6.55. The smallest absolute Gasteiger partial charge is 0.258 e. The van der Waals surface area contributed by atoms with E-state index in [1.807, 2.05) is 36.4 Å². The van der Waals surface area contributed by atoms with Gasteiger partial charge in [-0.15, -0.1) is 0 Å². The first-order valence-electron chi connectivity index (χ1n) is 6.25. The Morgan fingerprint density at radius 3 is 2.60 bits per heavy atom. The zero-order chi connectivity index (χ0) is 14.4. The minimum atomic E-state index is -0.192. The fourth-order valence-corrected chi connectivity index (χ4v) is 1.83. The van der Waals surface area contributed by atoms with Crippen LogP contribution in [0.4, 0.5) is 5.69 Å². The number of para-hydroxylation sites is 1. The molecule has 3 nitrogen and oxygen atoms in total. The van der Waals surface area contributed by atoms with Crippen LogP contribution in [0.25, 0.3) is 0 Å². The number of anilines is 1. The lowest BCUT2D eigenvalue weighted by molar-refractivity contribution is 0.0993. The molecule has 2 aromatic carbocycles. The largest absolute Gasteiger partial charge is 0.384 e. The third-order valence-electron chi connectivity index (χ3n) is 2.87. The molecule has 2 aromatic rings. The topological polar surface area (TPSA) is 40.5 Å². The van der Waals surface area contributed by atoms with Gasteiger partial charge in [-0.3, -0.25) is 4.79 Å². The van der Waals surface area contributed by atoms with E-state index < -0.39 is 0 Å². The average molecular weight is 265 g/mol. The third-order valence-corrected chi connectivity index (χ3v) is 2.87. The summed E-state index contributed by atoms with van der Waals surface area (Å²) in [4.78, 5) is 14.0. The van der Waals surface area contributed by atoms with Crippen molar-refractivity contribution in [2.24, 2.45) is 0 Å². The summed E-state index contributed by atoms with van der Waals surface area (Å²) in [5, 5.41) is 8.69. The van der Waals surface area contributed by atoms with Crippen molar-refractivity contribution >= 4 is 11.6 Å². The molecule has 0 bridgehead atoms. The van der Waals surface area contributed by atoms with E-state index in [-0.39, 0.29) is 12.5 Å². The van der Waals surface area contributed by atoms with Gasteiger partial charge in [-0.1, -0.05) is 36.1 Å². The fraction of sp³-hybridized carbons (Fsp3) is 0.118. The van der Waals surface area contributed by atoms with Gasteiger partial charge in [0.25, 0.3) is 5.91 Å². The van der Waals surface area contributed by atoms with Gasteiger partial charge in [0.2, 0.25) is 0 Å². The van der Waals surface area contributed by atoms with Crippen LogP contribution in [0.15, 0.2) is 54.6 Å². The summed E-state index contributed by atoms with van der Waals surface area (Å²) < 4.78 is 0. The van der Waals surface area contributed by atoms with E-state index in [0.717, 1.165) is 5.69 Å². The maximum atomic E-state index is 12.4. The van der Waals surface area contributed by atoms with Crippen molar-refractivity contribution in [3.05, 3.63) is 65.7 Å². The van der Waals surface area contributed by atoms with Crippen LogP contribution in [0.5, 0.6) is 0 Å². The Labute approximate surface area is 118 Å². The highest BCUT2D eigenvalue weighted by atomic mass is 16.2. The second-order valence-electron chi connectivity index (χ2n) is 4.24. The SMILES string of the molecule is CN(C(=O)c1cccc(C#CCO)c1)c1ccccc1. The first kappa shape index (κ1) is 13.9. The molecule has 0 radical (unpaired) electrons. The lowest BCUT2D eigenvalue weighted by atomic mass is 10.1. The predicted octanol–water partition coefficient (Wildman–Crippen LogP) is 2.31. The van der Waals surface area contributed by atoms with Crippen molar-refractivity contribution < 1.29 is 9.90 Å². The monoisotopic (exact) mass is 265 g/mol. The van der Waals surface area contributed by atoms with E-state index in [0.29, 0.717) is 11.1 Å². The number of amides is 1. The van der Waals surface area contributed by atoms with Crippen molar-refractivity contribution in [3.63, 3.8) is 0 Å². The van der Waals surface area contributed by atoms with Crippen LogP contribution in [-0.2, 0) is 0 Å². The van der Waals surface area contributed by atoms with Crippen LogP contribution in [0.3, 0.4) is 0 Å². The number of benzene rings is 2. The first-order valence-corrected chi connectivity index (χ1v) is 6.25. The van der Waals surface area contributed by atoms with Crippen LogP contribution >= 0.6 is 0 Å². The maximum absolute atomic E-state index is 12.4. The Balaban J connectivity index is 2.25. The number of carbonyl (C=O) groups excluding carboxylic acids is 1. The molecule has 0 spiro atoms. The van der Waals surface area contributed by atoms with Gasteiger partial charge < -0.3 is 10.0 Å². The molecule has 2 rings (SSSR count). The molecule has 0 aliphatic heterocycles. The molecular weight excluding hydrogens is 250 g/mol. The average Bonchev–Trinajstić information content (AvgIpc) is 2.52. The van der Waals surface area contributed by atoms with E-state index in [1.165, 1.54) is 0 Å². The van der Waals surface area contributed by atoms with Gasteiger partial charge in [0.05, 0.1) is 0 Å². The molecule has 1 N–H and O–H groups in total. The van der Waals surface area contributed by atoms with Gasteiger partial charge in [-0.05, 0) is 30.3 Å². The minimum absolute atomic E-state index is 0.0937. The molecule has 0 saturated carbocycles. The molecule has 0 heterocycles. The molecular formula is C17H15NO2. The van der Waals surface area contributed by atoms with Gasteiger partial charge in [0, 0.05) is 23.9 Å². The molecule has 20 heavy (non-hydrogen) atoms. The second-order valence-corrected chi connectivity index (χ2v) is 4.24. The van der Waals surface area contributed by atoms with E-state index in [2.05, 4.69) is 11.8 Å². The molecule has 0 aliphatic carbocycles. The Kier molecular flexibility index (Phi) is 4.54. The summed E-state index contributed by atoms with van der Waals surface area (Å²) in [7, 11) is 1.74. The van der Waals surface area contributed by atoms with Gasteiger partial charge in [-0.2, -0.15) is 0 Å². The summed E-state index contributed by atoms with van der Waals surface area (Å²) in [6, 6.07) is 16.5. The summed E-state index contributed by atoms with van der Waals surface area (Å²) in [6.45, 7) is -0.192. The van der Waals surface area contributed by atoms with Crippen LogP contribution in [0.1, 0.15) is 15.9 Å². The molecule has 1 amide bonds. The lowest BCUT2D eigenvalue weighted by Crippen LogP contribution is -2.26. The van der Waals surface area contributed by atoms with Crippen molar-refractivity contribution in [2.45, 2.75) is 0 Å². The molecule has 0 saturated heterocycles. The van der Waals surface area contributed by atoms with Crippen LogP contribution in [-0.4, -0.2) is 24.7 Å². The summed E-state index contributed by atoms with van der Waals surface area (Å²) in [6.07, 6.45) is 0. The van der Waals surface area contributed by atoms with Crippen LogP contribution in [0.2, 0.25) is 0 Å². The summed E-state index contributed by atoms with van der Waals surface area (Å²) in [5.74, 6) is 5.28. The molecule has 0 aliphatic rings. The van der Waals surface area contributed by atoms with Crippen molar-refractivity contribution in [3.8, 4) is 11.8 Å². The number of aliphatic hydroxyl groups excluding tert-OH is 1. The molecule has 0 fully saturated rings. The normalized spacial score (nSPS) is 9.50. The summed E-state index contributed by atoms with van der Waals surface area (Å²) in [5.41, 5.74) is 2.12. The Morgan fingerprint density at radius 1 is 1.15 bits per heavy atom. The number of carbonyl (C=O) groups is 1. The fourth-order valence-electron chi connectivity index (χ4n) is 1.83. The lowest BCUT2D eigenvalue weighted by Gasteiger charge is -2.17. The number of nitrogens with zero attached hydrogens (tertiary/aromatic N) is 1. The minimum Gasteiger partial charge on any atom is -0.384 e. The van der Waals surface area contributed by atoms with Crippen molar-refractivity contribution in [1.29, 1.82) is 0 Å². The van der Waals surface area contributed by atoms with Gasteiger partial charge in [0.1, 0.15) is 6.61 Å². The third kappa shape index (κ3) is 3.25. The Hall–Kier alpha value is -2.57. The highest BCUT2D eigenvalue weighted by Crippen LogP contribution is 2.15. The number of hydrogen-bond donors (Lipinski definition) is 1. The highest BCUT2D eigenvalue weighted by molar-refractivity contribution is 6.05. The zero-order valence-corrected chi connectivity index (χ0v) is 11.2. The van der Waals surface area contributed by atoms with Crippen LogP contribution in [0, 0.1) is 11.8 Å². The van der Waals surface area contributed by atoms with Crippen molar-refractivity contribution in [1.82, 2.24) is 0 Å². The predicted molar refractivity (Wildman–Crippen MR) is 79.6 cm³/mol. The molecule has 3 heteroatoms. The van der Waals surface area contributed by atoms with Crippen LogP contribution < -0.4 is 4.90 Å². The molecule has 0 unspecified atom stereocenters. The molecule has 0 aromatic heterocycles. The molecule has 0 atom stereocenters. The first-order chi connectivity index (χ1) is 9.72. The maximum Gasteiger partial charge on any atom is 0.258 e. The zero-order valence-electron chi connectivity index (χ0n) is 11.2. The Bertz CT molecular complexity index is 653. The van der Waals surface area contributed by atoms with Gasteiger partial charge in [0.15, 0.2) is 0 Å². The van der Waals surface area contributed by atoms with E-state index in [1.54, 1.807) is 30.1 Å². The quantitative estimate of drug-likeness (QED) is 0.846. The highest BCUT2D eigenvalue weighted by Gasteiger charge is 2.13. The summed E-state index contributed by atoms with van der Waals surface area (Å²) >= 11 is 0. The van der Waals surface area contributed by atoms with E-state index in [4.69, 9.17) is 5.11 Å². The van der Waals surface area contributed by atoms with Crippen molar-refractivity contribution in [2.75, 3.05) is 18.6 Å². The van der Waals surface area contributed by atoms with Gasteiger partial charge >= 0.3 is 0 Å². The Morgan fingerprint density at radius 2 is 1.90 bits per heavy atom. The number of rotatable bonds is 2. The number of aliphatic hydroxyl groups is 1.